The van der Waals surface area contributed by atoms with Crippen LogP contribution in [0.25, 0.3) is 33.8 Å². The number of halogens is 1. The lowest BCUT2D eigenvalue weighted by Crippen LogP contribution is -2.15. The molecule has 160 valence electrons. The van der Waals surface area contributed by atoms with Crippen molar-refractivity contribution >= 4 is 5.97 Å². The Hall–Kier alpha value is -3.90. The zero-order valence-corrected chi connectivity index (χ0v) is 17.4. The summed E-state index contributed by atoms with van der Waals surface area (Å²) in [5.41, 5.74) is 3.52. The minimum atomic E-state index is -0.751. The Labute approximate surface area is 184 Å². The van der Waals surface area contributed by atoms with E-state index in [0.717, 1.165) is 11.1 Å². The number of methoxy groups -OCH3 is 2. The van der Waals surface area contributed by atoms with E-state index in [1.165, 1.54) is 13.2 Å². The monoisotopic (exact) mass is 430 g/mol. The maximum Gasteiger partial charge on any atom is 0.337 e. The van der Waals surface area contributed by atoms with Crippen molar-refractivity contribution in [1.29, 1.82) is 0 Å². The summed E-state index contributed by atoms with van der Waals surface area (Å²) >= 11 is 0. The van der Waals surface area contributed by atoms with Crippen LogP contribution in [-0.2, 0) is 9.47 Å². The minimum Gasteiger partial charge on any atom is -0.465 e. The second-order valence-corrected chi connectivity index (χ2v) is 7.28. The van der Waals surface area contributed by atoms with E-state index in [9.17, 15) is 9.18 Å². The molecule has 1 aliphatic heterocycles. The fourth-order valence-electron chi connectivity index (χ4n) is 3.98. The maximum atomic E-state index is 14.8. The van der Waals surface area contributed by atoms with E-state index >= 15 is 0 Å². The summed E-state index contributed by atoms with van der Waals surface area (Å²) in [6, 6.07) is 20.8. The van der Waals surface area contributed by atoms with Crippen molar-refractivity contribution in [2.24, 2.45) is 0 Å². The van der Waals surface area contributed by atoms with Gasteiger partial charge in [-0.3, -0.25) is 0 Å². The summed E-state index contributed by atoms with van der Waals surface area (Å²) in [4.78, 5) is 11.9. The van der Waals surface area contributed by atoms with Crippen molar-refractivity contribution in [3.8, 4) is 39.5 Å². The van der Waals surface area contributed by atoms with Gasteiger partial charge in [-0.25, -0.2) is 9.18 Å². The molecule has 0 bridgehead atoms. The Bertz CT molecular complexity index is 1310. The molecule has 2 heterocycles. The fourth-order valence-corrected chi connectivity index (χ4v) is 3.98. The van der Waals surface area contributed by atoms with Crippen LogP contribution in [0.15, 0.2) is 77.2 Å². The summed E-state index contributed by atoms with van der Waals surface area (Å²) in [5, 5.41) is 0. The molecular formula is C26H19FO5. The van der Waals surface area contributed by atoms with Gasteiger partial charge in [0.25, 0.3) is 0 Å². The van der Waals surface area contributed by atoms with Crippen LogP contribution in [0.4, 0.5) is 4.39 Å². The maximum absolute atomic E-state index is 14.8. The third-order valence-electron chi connectivity index (χ3n) is 5.47. The molecule has 4 aromatic rings. The van der Waals surface area contributed by atoms with Crippen LogP contribution < -0.4 is 4.74 Å². The lowest BCUT2D eigenvalue weighted by molar-refractivity contribution is -0.0579. The molecule has 32 heavy (non-hydrogen) atoms. The van der Waals surface area contributed by atoms with Gasteiger partial charge >= 0.3 is 5.97 Å². The predicted octanol–water partition coefficient (Wildman–Crippen LogP) is 6.24. The number of carbonyl (C=O) groups is 1. The van der Waals surface area contributed by atoms with E-state index in [1.807, 2.05) is 24.3 Å². The number of para-hydroxylation sites is 1. The van der Waals surface area contributed by atoms with Gasteiger partial charge in [-0.15, -0.1) is 0 Å². The van der Waals surface area contributed by atoms with Gasteiger partial charge in [-0.05, 0) is 42.0 Å². The van der Waals surface area contributed by atoms with Gasteiger partial charge in [-0.1, -0.05) is 36.4 Å². The molecule has 0 fully saturated rings. The Balaban J connectivity index is 1.80. The Morgan fingerprint density at radius 3 is 2.25 bits per heavy atom. The second kappa shape index (κ2) is 7.98. The molecule has 1 aliphatic rings. The van der Waals surface area contributed by atoms with Gasteiger partial charge in [0.05, 0.1) is 29.4 Å². The van der Waals surface area contributed by atoms with Crippen LogP contribution in [0.2, 0.25) is 0 Å². The normalized spacial score (nSPS) is 14.3. The van der Waals surface area contributed by atoms with Gasteiger partial charge in [0.1, 0.15) is 23.1 Å². The molecule has 0 saturated carbocycles. The minimum absolute atomic E-state index is 0.321. The molecule has 0 aliphatic carbocycles. The molecular weight excluding hydrogens is 411 g/mol. The lowest BCUT2D eigenvalue weighted by atomic mass is 9.93. The highest BCUT2D eigenvalue weighted by atomic mass is 19.1. The molecule has 3 aromatic carbocycles. The molecule has 0 amide bonds. The van der Waals surface area contributed by atoms with Crippen LogP contribution in [-0.4, -0.2) is 20.2 Å². The smallest absolute Gasteiger partial charge is 0.337 e. The van der Waals surface area contributed by atoms with Crippen LogP contribution in [0.1, 0.15) is 22.2 Å². The number of esters is 1. The lowest BCUT2D eigenvalue weighted by Gasteiger charge is -2.25. The summed E-state index contributed by atoms with van der Waals surface area (Å²) in [7, 11) is 2.87. The topological polar surface area (TPSA) is 57.9 Å². The van der Waals surface area contributed by atoms with Crippen LogP contribution in [0, 0.1) is 5.82 Å². The largest absolute Gasteiger partial charge is 0.465 e. The SMILES string of the molecule is COC(=O)c1ccc(-c2c(-c3ccccc3F)oc3c2C(OC)Oc2ccccc2-3)cc1. The fraction of sp³-hybridized carbons (Fsp3) is 0.115. The first-order valence-corrected chi connectivity index (χ1v) is 10.0. The van der Waals surface area contributed by atoms with Crippen molar-refractivity contribution in [3.05, 3.63) is 89.7 Å². The molecule has 1 unspecified atom stereocenters. The van der Waals surface area contributed by atoms with E-state index in [2.05, 4.69) is 0 Å². The first kappa shape index (κ1) is 20.0. The van der Waals surface area contributed by atoms with Crippen molar-refractivity contribution in [2.75, 3.05) is 14.2 Å². The van der Waals surface area contributed by atoms with Crippen molar-refractivity contribution in [3.63, 3.8) is 0 Å². The van der Waals surface area contributed by atoms with Crippen molar-refractivity contribution < 1.29 is 27.8 Å². The van der Waals surface area contributed by atoms with Gasteiger partial charge in [0, 0.05) is 12.7 Å². The zero-order valence-electron chi connectivity index (χ0n) is 17.4. The quantitative estimate of drug-likeness (QED) is 0.359. The number of rotatable bonds is 4. The van der Waals surface area contributed by atoms with E-state index < -0.39 is 18.1 Å². The highest BCUT2D eigenvalue weighted by Gasteiger charge is 2.36. The summed E-state index contributed by atoms with van der Waals surface area (Å²) in [5.74, 6) is 0.694. The summed E-state index contributed by atoms with van der Waals surface area (Å²) in [6.07, 6.45) is -0.751. The number of furan rings is 1. The van der Waals surface area contributed by atoms with E-state index in [4.69, 9.17) is 18.6 Å². The summed E-state index contributed by atoms with van der Waals surface area (Å²) in [6.45, 7) is 0. The predicted molar refractivity (Wildman–Crippen MR) is 117 cm³/mol. The zero-order chi connectivity index (χ0) is 22.2. The van der Waals surface area contributed by atoms with Gasteiger partial charge < -0.3 is 18.6 Å². The first-order valence-electron chi connectivity index (χ1n) is 10.0. The molecule has 0 N–H and O–H groups in total. The Kier molecular flexibility index (Phi) is 4.99. The Morgan fingerprint density at radius 2 is 1.56 bits per heavy atom. The van der Waals surface area contributed by atoms with E-state index in [1.54, 1.807) is 49.6 Å². The van der Waals surface area contributed by atoms with E-state index in [0.29, 0.717) is 39.5 Å². The number of hydrogen-bond donors (Lipinski definition) is 0. The van der Waals surface area contributed by atoms with E-state index in [-0.39, 0.29) is 0 Å². The molecule has 1 aromatic heterocycles. The number of hydrogen-bond acceptors (Lipinski definition) is 5. The molecule has 0 spiro atoms. The molecule has 6 heteroatoms. The highest BCUT2D eigenvalue weighted by molar-refractivity contribution is 5.93. The Morgan fingerprint density at radius 1 is 0.875 bits per heavy atom. The number of benzene rings is 3. The number of fused-ring (bicyclic) bond motifs is 3. The third-order valence-corrected chi connectivity index (χ3v) is 5.47. The van der Waals surface area contributed by atoms with Crippen LogP contribution in [0.5, 0.6) is 5.75 Å². The average molecular weight is 430 g/mol. The summed E-state index contributed by atoms with van der Waals surface area (Å²) < 4.78 is 37.7. The first-order chi connectivity index (χ1) is 15.6. The van der Waals surface area contributed by atoms with Crippen molar-refractivity contribution in [1.82, 2.24) is 0 Å². The third kappa shape index (κ3) is 3.16. The number of ether oxygens (including phenoxy) is 3. The highest BCUT2D eigenvalue weighted by Crippen LogP contribution is 2.52. The van der Waals surface area contributed by atoms with Crippen LogP contribution in [0.3, 0.4) is 0 Å². The van der Waals surface area contributed by atoms with Crippen LogP contribution >= 0.6 is 0 Å². The molecule has 5 nitrogen and oxygen atoms in total. The standard InChI is InChI=1S/C26H19FO5/c1-29-25(28)16-13-11-15(12-14-16)21-22-24(32-23(21)17-7-3-5-9-19(17)27)18-8-4-6-10-20(18)31-26(22)30-2/h3-14,26H,1-2H3. The second-order valence-electron chi connectivity index (χ2n) is 7.28. The molecule has 1 atom stereocenters. The van der Waals surface area contributed by atoms with Gasteiger partial charge in [0.15, 0.2) is 0 Å². The van der Waals surface area contributed by atoms with Gasteiger partial charge in [0.2, 0.25) is 6.29 Å². The average Bonchev–Trinajstić information content (AvgIpc) is 3.24. The van der Waals surface area contributed by atoms with Crippen molar-refractivity contribution in [2.45, 2.75) is 6.29 Å². The van der Waals surface area contributed by atoms with Gasteiger partial charge in [-0.2, -0.15) is 0 Å². The number of carbonyl (C=O) groups excluding carboxylic acids is 1. The molecule has 0 radical (unpaired) electrons. The molecule has 0 saturated heterocycles. The molecule has 5 rings (SSSR count).